The Morgan fingerprint density at radius 1 is 1.50 bits per heavy atom. The Hall–Kier alpha value is -1.15. The van der Waals surface area contributed by atoms with E-state index >= 15 is 0 Å². The Kier molecular flexibility index (Phi) is 3.87. The number of benzene rings is 1. The van der Waals surface area contributed by atoms with Crippen LogP contribution in [0.15, 0.2) is 22.7 Å². The smallest absolute Gasteiger partial charge is 0.320 e. The molecule has 0 saturated heterocycles. The Bertz CT molecular complexity index is 517. The van der Waals surface area contributed by atoms with Gasteiger partial charge in [0.25, 0.3) is 0 Å². The fourth-order valence-corrected chi connectivity index (χ4v) is 2.17. The Morgan fingerprint density at radius 3 is 2.62 bits per heavy atom. The minimum atomic E-state index is -4.07. The number of carbonyl (C=O) groups is 1. The molecular weight excluding hydrogens is 305 g/mol. The van der Waals surface area contributed by atoms with Gasteiger partial charge in [-0.05, 0) is 18.2 Å². The van der Waals surface area contributed by atoms with Gasteiger partial charge in [0.1, 0.15) is 5.82 Å². The summed E-state index contributed by atoms with van der Waals surface area (Å²) in [6.45, 7) is 0. The molecule has 0 amide bonds. The number of sulfonamides is 1. The molecule has 0 saturated carbocycles. The monoisotopic (exact) mass is 311 g/mol. The Balaban J connectivity index is 2.92. The number of hydrogen-bond donors (Lipinski definition) is 2. The SMILES string of the molecule is O=C(O)CS(=O)(=O)Nc1ccc(Br)cc1F. The molecule has 0 aliphatic rings. The number of carboxylic acid groups (broad SMARTS) is 1. The Labute approximate surface area is 99.5 Å². The van der Waals surface area contributed by atoms with Crippen molar-refractivity contribution in [1.82, 2.24) is 0 Å². The molecule has 0 bridgehead atoms. The van der Waals surface area contributed by atoms with Gasteiger partial charge < -0.3 is 5.11 Å². The maximum Gasteiger partial charge on any atom is 0.320 e. The molecular formula is C8H7BrFNO4S. The molecule has 0 heterocycles. The summed E-state index contributed by atoms with van der Waals surface area (Å²) in [4.78, 5) is 10.2. The van der Waals surface area contributed by atoms with Crippen molar-refractivity contribution in [1.29, 1.82) is 0 Å². The van der Waals surface area contributed by atoms with E-state index in [0.29, 0.717) is 4.47 Å². The molecule has 0 radical (unpaired) electrons. The second kappa shape index (κ2) is 4.79. The summed E-state index contributed by atoms with van der Waals surface area (Å²) in [6, 6.07) is 3.69. The van der Waals surface area contributed by atoms with E-state index in [4.69, 9.17) is 5.11 Å². The van der Waals surface area contributed by atoms with Gasteiger partial charge in [-0.2, -0.15) is 0 Å². The number of halogens is 2. The zero-order chi connectivity index (χ0) is 12.3. The second-order valence-corrected chi connectivity index (χ2v) is 5.52. The topological polar surface area (TPSA) is 83.5 Å². The highest BCUT2D eigenvalue weighted by atomic mass is 79.9. The zero-order valence-electron chi connectivity index (χ0n) is 7.78. The van der Waals surface area contributed by atoms with E-state index in [9.17, 15) is 17.6 Å². The third-order valence-corrected chi connectivity index (χ3v) is 3.16. The first-order chi connectivity index (χ1) is 7.30. The lowest BCUT2D eigenvalue weighted by atomic mass is 10.3. The average Bonchev–Trinajstić information content (AvgIpc) is 2.07. The fraction of sp³-hybridized carbons (Fsp3) is 0.125. The quantitative estimate of drug-likeness (QED) is 0.880. The standard InChI is InChI=1S/C8H7BrFNO4S/c9-5-1-2-7(6(10)3-5)11-16(14,15)4-8(12)13/h1-3,11H,4H2,(H,12,13). The summed E-state index contributed by atoms with van der Waals surface area (Å²) >= 11 is 3.00. The van der Waals surface area contributed by atoms with Crippen LogP contribution in [-0.2, 0) is 14.8 Å². The molecule has 5 nitrogen and oxygen atoms in total. The van der Waals surface area contributed by atoms with Crippen LogP contribution < -0.4 is 4.72 Å². The summed E-state index contributed by atoms with van der Waals surface area (Å²) in [6.07, 6.45) is 0. The normalized spacial score (nSPS) is 11.1. The molecule has 0 unspecified atom stereocenters. The van der Waals surface area contributed by atoms with Crippen molar-refractivity contribution in [3.8, 4) is 0 Å². The summed E-state index contributed by atoms with van der Waals surface area (Å²) in [5.41, 5.74) is -0.288. The fourth-order valence-electron chi connectivity index (χ4n) is 0.938. The molecule has 0 aliphatic heterocycles. The predicted octanol–water partition coefficient (Wildman–Crippen LogP) is 1.41. The number of hydrogen-bond acceptors (Lipinski definition) is 3. The van der Waals surface area contributed by atoms with Gasteiger partial charge in [-0.3, -0.25) is 9.52 Å². The molecule has 0 aliphatic carbocycles. The van der Waals surface area contributed by atoms with Crippen LogP contribution in [0.25, 0.3) is 0 Å². The van der Waals surface area contributed by atoms with E-state index in [2.05, 4.69) is 15.9 Å². The molecule has 1 aromatic rings. The third-order valence-electron chi connectivity index (χ3n) is 1.51. The first-order valence-electron chi connectivity index (χ1n) is 3.97. The summed E-state index contributed by atoms with van der Waals surface area (Å²) in [5, 5.41) is 8.32. The number of rotatable bonds is 4. The number of nitrogens with one attached hydrogen (secondary N) is 1. The third kappa shape index (κ3) is 3.78. The van der Waals surface area contributed by atoms with Gasteiger partial charge in [-0.15, -0.1) is 0 Å². The highest BCUT2D eigenvalue weighted by Gasteiger charge is 2.17. The molecule has 0 spiro atoms. The van der Waals surface area contributed by atoms with Crippen LogP contribution in [-0.4, -0.2) is 25.2 Å². The maximum atomic E-state index is 13.2. The summed E-state index contributed by atoms with van der Waals surface area (Å²) in [7, 11) is -4.07. The highest BCUT2D eigenvalue weighted by Crippen LogP contribution is 2.20. The van der Waals surface area contributed by atoms with Crippen LogP contribution in [0.2, 0.25) is 0 Å². The maximum absolute atomic E-state index is 13.2. The molecule has 88 valence electrons. The number of carboxylic acids is 1. The van der Waals surface area contributed by atoms with Gasteiger partial charge in [-0.1, -0.05) is 15.9 Å². The Morgan fingerprint density at radius 2 is 2.12 bits per heavy atom. The van der Waals surface area contributed by atoms with E-state index in [-0.39, 0.29) is 5.69 Å². The van der Waals surface area contributed by atoms with Crippen molar-refractivity contribution in [3.63, 3.8) is 0 Å². The van der Waals surface area contributed by atoms with Gasteiger partial charge in [0, 0.05) is 4.47 Å². The van der Waals surface area contributed by atoms with Crippen molar-refractivity contribution in [3.05, 3.63) is 28.5 Å². The second-order valence-electron chi connectivity index (χ2n) is 2.88. The largest absolute Gasteiger partial charge is 0.480 e. The van der Waals surface area contributed by atoms with Crippen molar-refractivity contribution in [2.24, 2.45) is 0 Å². The first-order valence-corrected chi connectivity index (χ1v) is 6.42. The summed E-state index contributed by atoms with van der Waals surface area (Å²) < 4.78 is 37.9. The molecule has 16 heavy (non-hydrogen) atoms. The van der Waals surface area contributed by atoms with Gasteiger partial charge in [0.2, 0.25) is 10.0 Å². The molecule has 2 N–H and O–H groups in total. The van der Waals surface area contributed by atoms with Crippen molar-refractivity contribution < 1.29 is 22.7 Å². The van der Waals surface area contributed by atoms with E-state index in [1.54, 1.807) is 0 Å². The predicted molar refractivity (Wildman–Crippen MR) is 59.1 cm³/mol. The van der Waals surface area contributed by atoms with Crippen LogP contribution in [0.4, 0.5) is 10.1 Å². The van der Waals surface area contributed by atoms with Crippen LogP contribution in [0.1, 0.15) is 0 Å². The van der Waals surface area contributed by atoms with Gasteiger partial charge in [0.15, 0.2) is 5.75 Å². The number of aliphatic carboxylic acids is 1. The minimum Gasteiger partial charge on any atom is -0.480 e. The first kappa shape index (κ1) is 12.9. The molecule has 0 atom stereocenters. The van der Waals surface area contributed by atoms with Crippen LogP contribution >= 0.6 is 15.9 Å². The zero-order valence-corrected chi connectivity index (χ0v) is 10.2. The van der Waals surface area contributed by atoms with Crippen molar-refractivity contribution in [2.45, 2.75) is 0 Å². The minimum absolute atomic E-state index is 0.288. The lowest BCUT2D eigenvalue weighted by Gasteiger charge is -2.07. The van der Waals surface area contributed by atoms with E-state index in [1.807, 2.05) is 4.72 Å². The van der Waals surface area contributed by atoms with Gasteiger partial charge >= 0.3 is 5.97 Å². The van der Waals surface area contributed by atoms with Gasteiger partial charge in [0.05, 0.1) is 5.69 Å². The lowest BCUT2D eigenvalue weighted by Crippen LogP contribution is -2.22. The van der Waals surface area contributed by atoms with Crippen LogP contribution in [0.5, 0.6) is 0 Å². The van der Waals surface area contributed by atoms with Crippen LogP contribution in [0, 0.1) is 5.82 Å². The average molecular weight is 312 g/mol. The van der Waals surface area contributed by atoms with E-state index < -0.39 is 27.6 Å². The molecule has 0 aromatic heterocycles. The molecule has 8 heteroatoms. The van der Waals surface area contributed by atoms with Gasteiger partial charge in [-0.25, -0.2) is 12.8 Å². The number of anilines is 1. The molecule has 1 aromatic carbocycles. The molecule has 1 rings (SSSR count). The van der Waals surface area contributed by atoms with Crippen molar-refractivity contribution >= 4 is 37.6 Å². The van der Waals surface area contributed by atoms with Crippen LogP contribution in [0.3, 0.4) is 0 Å². The van der Waals surface area contributed by atoms with Crippen molar-refractivity contribution in [2.75, 3.05) is 10.5 Å². The highest BCUT2D eigenvalue weighted by molar-refractivity contribution is 9.10. The van der Waals surface area contributed by atoms with E-state index in [0.717, 1.165) is 6.07 Å². The summed E-state index contributed by atoms with van der Waals surface area (Å²) in [5.74, 6) is -3.41. The molecule has 0 fully saturated rings. The lowest BCUT2D eigenvalue weighted by molar-refractivity contribution is -0.134. The van der Waals surface area contributed by atoms with E-state index in [1.165, 1.54) is 12.1 Å².